The molecule has 0 aliphatic carbocycles. The minimum atomic E-state index is 0.717. The number of likely N-dealkylation sites (tertiary alicyclic amines) is 1. The molecule has 0 amide bonds. The Morgan fingerprint density at radius 1 is 1.43 bits per heavy atom. The lowest BCUT2D eigenvalue weighted by molar-refractivity contribution is 0.283. The summed E-state index contributed by atoms with van der Waals surface area (Å²) in [6.07, 6.45) is 7.20. The Morgan fingerprint density at radius 2 is 2.29 bits per heavy atom. The Balaban J connectivity index is 2.22. The van der Waals surface area contributed by atoms with Gasteiger partial charge in [0.15, 0.2) is 0 Å². The lowest BCUT2D eigenvalue weighted by atomic mass is 10.1. The molecular formula is C12H24N2. The molecule has 14 heavy (non-hydrogen) atoms. The van der Waals surface area contributed by atoms with Gasteiger partial charge >= 0.3 is 0 Å². The van der Waals surface area contributed by atoms with Gasteiger partial charge in [-0.2, -0.15) is 0 Å². The number of nitrogens with zero attached hydrogens (tertiary/aromatic N) is 1. The van der Waals surface area contributed by atoms with Gasteiger partial charge in [-0.05, 0) is 45.3 Å². The van der Waals surface area contributed by atoms with Crippen molar-refractivity contribution in [3.8, 4) is 0 Å². The molecule has 0 aromatic heterocycles. The van der Waals surface area contributed by atoms with E-state index < -0.39 is 0 Å². The third-order valence-electron chi connectivity index (χ3n) is 2.91. The van der Waals surface area contributed by atoms with Crippen LogP contribution in [0.3, 0.4) is 0 Å². The Kier molecular flexibility index (Phi) is 5.88. The Labute approximate surface area is 88.4 Å². The molecule has 2 heteroatoms. The van der Waals surface area contributed by atoms with E-state index in [4.69, 9.17) is 0 Å². The van der Waals surface area contributed by atoms with Gasteiger partial charge in [0.05, 0.1) is 0 Å². The summed E-state index contributed by atoms with van der Waals surface area (Å²) >= 11 is 0. The van der Waals surface area contributed by atoms with Crippen LogP contribution < -0.4 is 5.32 Å². The normalized spacial score (nSPS) is 24.5. The predicted molar refractivity (Wildman–Crippen MR) is 62.6 cm³/mol. The maximum Gasteiger partial charge on any atom is 0.0134 e. The molecule has 0 aromatic rings. The molecule has 82 valence electrons. The van der Waals surface area contributed by atoms with Crippen LogP contribution in [-0.2, 0) is 0 Å². The van der Waals surface area contributed by atoms with Gasteiger partial charge in [0.1, 0.15) is 0 Å². The second kappa shape index (κ2) is 7.02. The Morgan fingerprint density at radius 3 is 3.00 bits per heavy atom. The molecule has 0 radical (unpaired) electrons. The molecule has 1 unspecified atom stereocenters. The highest BCUT2D eigenvalue weighted by Crippen LogP contribution is 2.10. The van der Waals surface area contributed by atoms with Gasteiger partial charge in [-0.1, -0.05) is 13.0 Å². The third kappa shape index (κ3) is 4.25. The van der Waals surface area contributed by atoms with Crippen molar-refractivity contribution < 1.29 is 0 Å². The largest absolute Gasteiger partial charge is 0.310 e. The molecule has 1 heterocycles. The monoisotopic (exact) mass is 196 g/mol. The van der Waals surface area contributed by atoms with Crippen LogP contribution in [0.2, 0.25) is 0 Å². The number of hydrogen-bond acceptors (Lipinski definition) is 2. The molecule has 1 aliphatic rings. The van der Waals surface area contributed by atoms with Crippen molar-refractivity contribution in [2.75, 3.05) is 26.2 Å². The first kappa shape index (κ1) is 11.7. The summed E-state index contributed by atoms with van der Waals surface area (Å²) in [5.74, 6) is 0. The molecule has 2 nitrogen and oxygen atoms in total. The fraction of sp³-hybridized carbons (Fsp3) is 0.833. The number of rotatable bonds is 5. The maximum atomic E-state index is 3.74. The quantitative estimate of drug-likeness (QED) is 0.677. The van der Waals surface area contributed by atoms with E-state index in [0.29, 0.717) is 0 Å². The summed E-state index contributed by atoms with van der Waals surface area (Å²) in [6, 6.07) is 0.717. The number of nitrogens with one attached hydrogen (secondary N) is 1. The summed E-state index contributed by atoms with van der Waals surface area (Å²) in [7, 11) is 0. The predicted octanol–water partition coefficient (Wildman–Crippen LogP) is 2.03. The highest BCUT2D eigenvalue weighted by molar-refractivity contribution is 4.78. The summed E-state index contributed by atoms with van der Waals surface area (Å²) in [4.78, 5) is 2.59. The van der Waals surface area contributed by atoms with Crippen molar-refractivity contribution in [2.24, 2.45) is 0 Å². The fourth-order valence-corrected chi connectivity index (χ4v) is 2.15. The van der Waals surface area contributed by atoms with Crippen LogP contribution in [-0.4, -0.2) is 37.1 Å². The first-order valence-electron chi connectivity index (χ1n) is 5.93. The van der Waals surface area contributed by atoms with E-state index in [1.165, 1.54) is 45.3 Å². The smallest absolute Gasteiger partial charge is 0.0134 e. The molecule has 1 fully saturated rings. The SMILES string of the molecule is C=CCNC1CCCN(CCC)CC1. The minimum Gasteiger partial charge on any atom is -0.310 e. The standard InChI is InChI=1S/C12H24N2/c1-3-8-13-12-6-5-10-14(9-4-2)11-7-12/h3,12-13H,1,4-11H2,2H3. The second-order valence-electron chi connectivity index (χ2n) is 4.17. The number of hydrogen-bond donors (Lipinski definition) is 1. The van der Waals surface area contributed by atoms with Crippen LogP contribution >= 0.6 is 0 Å². The van der Waals surface area contributed by atoms with Crippen molar-refractivity contribution in [3.63, 3.8) is 0 Å². The highest BCUT2D eigenvalue weighted by atomic mass is 15.1. The van der Waals surface area contributed by atoms with Crippen molar-refractivity contribution in [1.82, 2.24) is 10.2 Å². The van der Waals surface area contributed by atoms with Crippen molar-refractivity contribution in [3.05, 3.63) is 12.7 Å². The third-order valence-corrected chi connectivity index (χ3v) is 2.91. The molecule has 1 atom stereocenters. The summed E-state index contributed by atoms with van der Waals surface area (Å²) < 4.78 is 0. The first-order chi connectivity index (χ1) is 6.86. The van der Waals surface area contributed by atoms with E-state index in [-0.39, 0.29) is 0 Å². The molecule has 1 saturated heterocycles. The maximum absolute atomic E-state index is 3.74. The van der Waals surface area contributed by atoms with Gasteiger partial charge in [0.2, 0.25) is 0 Å². The van der Waals surface area contributed by atoms with E-state index in [9.17, 15) is 0 Å². The van der Waals surface area contributed by atoms with Crippen LogP contribution in [0.15, 0.2) is 12.7 Å². The van der Waals surface area contributed by atoms with E-state index in [1.54, 1.807) is 0 Å². The summed E-state index contributed by atoms with van der Waals surface area (Å²) in [5, 5.41) is 3.53. The van der Waals surface area contributed by atoms with E-state index in [2.05, 4.69) is 23.7 Å². The van der Waals surface area contributed by atoms with Gasteiger partial charge in [0, 0.05) is 12.6 Å². The molecule has 1 rings (SSSR count). The zero-order valence-electron chi connectivity index (χ0n) is 9.47. The lowest BCUT2D eigenvalue weighted by Crippen LogP contribution is -2.31. The van der Waals surface area contributed by atoms with Crippen LogP contribution in [0.4, 0.5) is 0 Å². The minimum absolute atomic E-state index is 0.717. The van der Waals surface area contributed by atoms with Gasteiger partial charge in [-0.3, -0.25) is 0 Å². The Bertz CT molecular complexity index is 156. The molecule has 0 spiro atoms. The molecular weight excluding hydrogens is 172 g/mol. The Hall–Kier alpha value is -0.340. The molecule has 0 saturated carbocycles. The van der Waals surface area contributed by atoms with E-state index >= 15 is 0 Å². The van der Waals surface area contributed by atoms with Crippen molar-refractivity contribution >= 4 is 0 Å². The van der Waals surface area contributed by atoms with Gasteiger partial charge in [-0.15, -0.1) is 6.58 Å². The van der Waals surface area contributed by atoms with Gasteiger partial charge < -0.3 is 10.2 Å². The van der Waals surface area contributed by atoms with Crippen LogP contribution in [0.25, 0.3) is 0 Å². The molecule has 1 aliphatic heterocycles. The van der Waals surface area contributed by atoms with E-state index in [0.717, 1.165) is 12.6 Å². The first-order valence-corrected chi connectivity index (χ1v) is 5.93. The van der Waals surface area contributed by atoms with Crippen molar-refractivity contribution in [1.29, 1.82) is 0 Å². The topological polar surface area (TPSA) is 15.3 Å². The zero-order valence-corrected chi connectivity index (χ0v) is 9.47. The molecule has 0 bridgehead atoms. The summed E-state index contributed by atoms with van der Waals surface area (Å²) in [6.45, 7) is 10.8. The second-order valence-corrected chi connectivity index (χ2v) is 4.17. The van der Waals surface area contributed by atoms with Crippen LogP contribution in [0.5, 0.6) is 0 Å². The van der Waals surface area contributed by atoms with Crippen LogP contribution in [0.1, 0.15) is 32.6 Å². The van der Waals surface area contributed by atoms with Crippen LogP contribution in [0, 0.1) is 0 Å². The fourth-order valence-electron chi connectivity index (χ4n) is 2.15. The average molecular weight is 196 g/mol. The lowest BCUT2D eigenvalue weighted by Gasteiger charge is -2.19. The van der Waals surface area contributed by atoms with Gasteiger partial charge in [-0.25, -0.2) is 0 Å². The van der Waals surface area contributed by atoms with Crippen molar-refractivity contribution in [2.45, 2.75) is 38.6 Å². The molecule has 1 N–H and O–H groups in total. The summed E-state index contributed by atoms with van der Waals surface area (Å²) in [5.41, 5.74) is 0. The zero-order chi connectivity index (χ0) is 10.2. The average Bonchev–Trinajstić information content (AvgIpc) is 2.41. The van der Waals surface area contributed by atoms with E-state index in [1.807, 2.05) is 6.08 Å². The molecule has 0 aromatic carbocycles. The van der Waals surface area contributed by atoms with Gasteiger partial charge in [0.25, 0.3) is 0 Å². The highest BCUT2D eigenvalue weighted by Gasteiger charge is 2.14.